The van der Waals surface area contributed by atoms with E-state index >= 15 is 0 Å². The molecule has 0 aliphatic carbocycles. The van der Waals surface area contributed by atoms with E-state index in [9.17, 15) is 4.79 Å². The van der Waals surface area contributed by atoms with Gasteiger partial charge in [0.2, 0.25) is 4.77 Å². The summed E-state index contributed by atoms with van der Waals surface area (Å²) in [6.45, 7) is 1.59. The number of hydrogen-bond acceptors (Lipinski definition) is 6. The molecule has 0 bridgehead atoms. The maximum atomic E-state index is 12.0. The third-order valence-electron chi connectivity index (χ3n) is 2.91. The molecule has 23 heavy (non-hydrogen) atoms. The molecule has 0 fully saturated rings. The van der Waals surface area contributed by atoms with Crippen molar-refractivity contribution in [2.75, 3.05) is 0 Å². The molecule has 0 unspecified atom stereocenters. The van der Waals surface area contributed by atoms with Crippen LogP contribution >= 0.6 is 39.5 Å². The Hall–Kier alpha value is -1.97. The fourth-order valence-corrected chi connectivity index (χ4v) is 3.14. The van der Waals surface area contributed by atoms with Crippen molar-refractivity contribution in [1.29, 1.82) is 0 Å². The van der Waals surface area contributed by atoms with Gasteiger partial charge in [0.05, 0.1) is 11.9 Å². The average molecular weight is 408 g/mol. The van der Waals surface area contributed by atoms with E-state index in [1.54, 1.807) is 6.92 Å². The van der Waals surface area contributed by atoms with Crippen LogP contribution in [0.3, 0.4) is 0 Å². The molecule has 3 rings (SSSR count). The first kappa shape index (κ1) is 15.9. The molecule has 2 heterocycles. The lowest BCUT2D eigenvalue weighted by Crippen LogP contribution is -2.22. The first-order valence-electron chi connectivity index (χ1n) is 6.49. The highest BCUT2D eigenvalue weighted by molar-refractivity contribution is 9.10. The summed E-state index contributed by atoms with van der Waals surface area (Å²) in [6.07, 6.45) is 1.50. The number of hydrogen-bond donors (Lipinski definition) is 1. The van der Waals surface area contributed by atoms with Gasteiger partial charge in [-0.25, -0.2) is 4.98 Å². The molecule has 0 saturated heterocycles. The number of aryl methyl sites for hydroxylation is 1. The number of aromatic nitrogens is 4. The van der Waals surface area contributed by atoms with Gasteiger partial charge in [-0.2, -0.15) is 14.9 Å². The third kappa shape index (κ3) is 3.52. The number of nitrogens with zero attached hydrogens (tertiary/aromatic N) is 4. The quantitative estimate of drug-likeness (QED) is 0.533. The molecule has 3 aromatic rings. The van der Waals surface area contributed by atoms with Gasteiger partial charge in [-0.1, -0.05) is 28.1 Å². The van der Waals surface area contributed by atoms with Crippen molar-refractivity contribution in [3.63, 3.8) is 0 Å². The summed E-state index contributed by atoms with van der Waals surface area (Å²) in [5.74, 6) is 0. The molecule has 1 aromatic carbocycles. The maximum absolute atomic E-state index is 12.0. The van der Waals surface area contributed by atoms with E-state index < -0.39 is 0 Å². The van der Waals surface area contributed by atoms with E-state index in [1.807, 2.05) is 29.6 Å². The zero-order chi connectivity index (χ0) is 16.4. The minimum absolute atomic E-state index is 0.138. The molecule has 0 saturated carbocycles. The highest BCUT2D eigenvalue weighted by Gasteiger charge is 2.05. The summed E-state index contributed by atoms with van der Waals surface area (Å²) in [4.78, 5) is 16.4. The van der Waals surface area contributed by atoms with Crippen LogP contribution in [0.1, 0.15) is 11.4 Å². The monoisotopic (exact) mass is 407 g/mol. The molecule has 6 nitrogen and oxygen atoms in total. The number of halogens is 1. The van der Waals surface area contributed by atoms with E-state index in [0.717, 1.165) is 19.7 Å². The zero-order valence-electron chi connectivity index (χ0n) is 11.9. The first-order chi connectivity index (χ1) is 11.0. The second kappa shape index (κ2) is 6.65. The molecule has 0 amide bonds. The minimum atomic E-state index is -0.354. The van der Waals surface area contributed by atoms with Crippen molar-refractivity contribution in [3.05, 3.63) is 60.6 Å². The Balaban J connectivity index is 1.92. The summed E-state index contributed by atoms with van der Waals surface area (Å²) in [6, 6.07) is 7.89. The summed E-state index contributed by atoms with van der Waals surface area (Å²) < 4.78 is 2.22. The molecule has 0 radical (unpaired) electrons. The Kier molecular flexibility index (Phi) is 4.60. The zero-order valence-corrected chi connectivity index (χ0v) is 15.1. The molecular formula is C14H10BrN5OS2. The van der Waals surface area contributed by atoms with Gasteiger partial charge in [0.1, 0.15) is 10.7 Å². The van der Waals surface area contributed by atoms with E-state index in [1.165, 1.54) is 17.6 Å². The Morgan fingerprint density at radius 3 is 3.09 bits per heavy atom. The van der Waals surface area contributed by atoms with Gasteiger partial charge in [0.25, 0.3) is 5.56 Å². The Morgan fingerprint density at radius 1 is 1.48 bits per heavy atom. The molecule has 0 atom stereocenters. The van der Waals surface area contributed by atoms with Crippen LogP contribution in [0.25, 0.3) is 10.6 Å². The largest absolute Gasteiger partial charge is 0.296 e. The number of thiazole rings is 1. The summed E-state index contributed by atoms with van der Waals surface area (Å²) in [5.41, 5.74) is 1.61. The number of nitrogens with one attached hydrogen (secondary N) is 1. The fourth-order valence-electron chi connectivity index (χ4n) is 1.79. The van der Waals surface area contributed by atoms with Crippen LogP contribution in [0.15, 0.2) is 44.0 Å². The molecule has 1 N–H and O–H groups in total. The van der Waals surface area contributed by atoms with Crippen LogP contribution in [0.5, 0.6) is 0 Å². The lowest BCUT2D eigenvalue weighted by atomic mass is 10.2. The van der Waals surface area contributed by atoms with E-state index in [2.05, 4.69) is 36.2 Å². The van der Waals surface area contributed by atoms with Crippen LogP contribution in [0.4, 0.5) is 0 Å². The summed E-state index contributed by atoms with van der Waals surface area (Å²) in [5, 5.41) is 13.2. The summed E-state index contributed by atoms with van der Waals surface area (Å²) >= 11 is 9.96. The molecule has 2 aromatic heterocycles. The minimum Gasteiger partial charge on any atom is -0.265 e. The van der Waals surface area contributed by atoms with Crippen molar-refractivity contribution in [3.8, 4) is 10.6 Å². The predicted molar refractivity (Wildman–Crippen MR) is 96.7 cm³/mol. The third-order valence-corrected chi connectivity index (χ3v) is 4.58. The van der Waals surface area contributed by atoms with Crippen molar-refractivity contribution >= 4 is 45.7 Å². The van der Waals surface area contributed by atoms with Gasteiger partial charge >= 0.3 is 0 Å². The molecule has 116 valence electrons. The standard InChI is InChI=1S/C14H10BrN5OS2/c1-8-13(21)20(14(22)19-18-8)16-6-11-7-23-12(17-11)9-3-2-4-10(15)5-9/h2-7H,1H3,(H,19,22)/b16-6-. The van der Waals surface area contributed by atoms with Gasteiger partial charge < -0.3 is 0 Å². The van der Waals surface area contributed by atoms with Gasteiger partial charge in [-0.15, -0.1) is 11.3 Å². The molecular weight excluding hydrogens is 398 g/mol. The van der Waals surface area contributed by atoms with Gasteiger partial charge in [0.15, 0.2) is 0 Å². The fraction of sp³-hybridized carbons (Fsp3) is 0.0714. The normalized spacial score (nSPS) is 11.2. The van der Waals surface area contributed by atoms with Crippen molar-refractivity contribution in [2.45, 2.75) is 6.92 Å². The van der Waals surface area contributed by atoms with Gasteiger partial charge in [-0.05, 0) is 31.3 Å². The Bertz CT molecular complexity index is 1000. The highest BCUT2D eigenvalue weighted by Crippen LogP contribution is 2.25. The topological polar surface area (TPSA) is 75.9 Å². The number of aromatic amines is 1. The Morgan fingerprint density at radius 2 is 2.30 bits per heavy atom. The number of H-pyrrole nitrogens is 1. The van der Waals surface area contributed by atoms with Crippen LogP contribution in [-0.4, -0.2) is 26.1 Å². The smallest absolute Gasteiger partial charge is 0.265 e. The number of rotatable bonds is 3. The molecule has 0 aliphatic rings. The Labute approximate surface area is 148 Å². The highest BCUT2D eigenvalue weighted by atomic mass is 79.9. The number of benzene rings is 1. The second-order valence-corrected chi connectivity index (χ2v) is 6.72. The average Bonchev–Trinajstić information content (AvgIpc) is 3.00. The van der Waals surface area contributed by atoms with Crippen LogP contribution in [0.2, 0.25) is 0 Å². The van der Waals surface area contributed by atoms with Crippen molar-refractivity contribution < 1.29 is 0 Å². The van der Waals surface area contributed by atoms with Crippen LogP contribution in [0, 0.1) is 11.7 Å². The lowest BCUT2D eigenvalue weighted by Gasteiger charge is -1.98. The van der Waals surface area contributed by atoms with E-state index in [0.29, 0.717) is 11.4 Å². The SMILES string of the molecule is Cc1n[nH]c(=S)n(/N=C\c2csc(-c3cccc(Br)c3)n2)c1=O. The van der Waals surface area contributed by atoms with Crippen molar-refractivity contribution in [1.82, 2.24) is 19.9 Å². The van der Waals surface area contributed by atoms with Crippen molar-refractivity contribution in [2.24, 2.45) is 5.10 Å². The molecule has 0 aliphatic heterocycles. The van der Waals surface area contributed by atoms with Gasteiger partial charge in [0, 0.05) is 15.4 Å². The summed E-state index contributed by atoms with van der Waals surface area (Å²) in [7, 11) is 0. The van der Waals surface area contributed by atoms with Crippen LogP contribution < -0.4 is 5.56 Å². The first-order valence-corrected chi connectivity index (χ1v) is 8.57. The maximum Gasteiger partial charge on any atom is 0.296 e. The van der Waals surface area contributed by atoms with E-state index in [-0.39, 0.29) is 10.3 Å². The lowest BCUT2D eigenvalue weighted by molar-refractivity contribution is 0.720. The van der Waals surface area contributed by atoms with Gasteiger partial charge in [-0.3, -0.25) is 9.89 Å². The molecule has 0 spiro atoms. The molecule has 9 heteroatoms. The van der Waals surface area contributed by atoms with E-state index in [4.69, 9.17) is 12.2 Å². The predicted octanol–water partition coefficient (Wildman–Crippen LogP) is 3.38. The van der Waals surface area contributed by atoms with Crippen LogP contribution in [-0.2, 0) is 0 Å². The second-order valence-electron chi connectivity index (χ2n) is 4.56.